The largest absolute Gasteiger partial charge is 0.340 e. The fraction of sp³-hybridized carbons (Fsp3) is 0.118. The van der Waals surface area contributed by atoms with E-state index in [9.17, 15) is 4.79 Å². The first-order chi connectivity index (χ1) is 32.4. The van der Waals surface area contributed by atoms with Crippen LogP contribution in [0.1, 0.15) is 44.5 Å². The first-order valence-electron chi connectivity index (χ1n) is 21.7. The van der Waals surface area contributed by atoms with Gasteiger partial charge in [-0.05, 0) is 89.8 Å². The summed E-state index contributed by atoms with van der Waals surface area (Å²) in [5.74, 6) is 1.39. The molecule has 0 fully saturated rings. The van der Waals surface area contributed by atoms with E-state index in [0.717, 1.165) is 67.6 Å². The predicted octanol–water partition coefficient (Wildman–Crippen LogP) is 8.56. The van der Waals surface area contributed by atoms with E-state index >= 15 is 0 Å². The second-order valence-corrected chi connectivity index (χ2v) is 16.6. The number of carbonyl (C=O) groups is 1. The number of H-pyrrole nitrogens is 2. The molecule has 9 heterocycles. The molecule has 0 aliphatic carbocycles. The monoisotopic (exact) mass is 864 g/mol. The van der Waals surface area contributed by atoms with Crippen molar-refractivity contribution in [2.75, 3.05) is 0 Å². The molecule has 0 unspecified atom stereocenters. The Morgan fingerprint density at radius 3 is 2.30 bits per heavy atom. The van der Waals surface area contributed by atoms with Gasteiger partial charge in [0.05, 0.1) is 35.9 Å². The lowest BCUT2D eigenvalue weighted by Gasteiger charge is -2.13. The zero-order chi connectivity index (χ0) is 44.3. The molecule has 0 saturated carbocycles. The number of carbonyl (C=O) groups excluding carboxylic acids is 1. The topological polar surface area (TPSA) is 176 Å². The van der Waals surface area contributed by atoms with Crippen LogP contribution in [0.4, 0.5) is 0 Å². The summed E-state index contributed by atoms with van der Waals surface area (Å²) in [4.78, 5) is 51.9. The molecule has 0 saturated heterocycles. The summed E-state index contributed by atoms with van der Waals surface area (Å²) in [5.41, 5.74) is 13.7. The number of nitrogens with one attached hydrogen (secondary N) is 3. The summed E-state index contributed by atoms with van der Waals surface area (Å²) >= 11 is 0. The number of pyridine rings is 4. The molecule has 0 spiro atoms. The number of aromatic amines is 2. The molecule has 66 heavy (non-hydrogen) atoms. The van der Waals surface area contributed by atoms with Gasteiger partial charge in [0.1, 0.15) is 35.7 Å². The van der Waals surface area contributed by atoms with Crippen molar-refractivity contribution in [2.24, 2.45) is 0 Å². The summed E-state index contributed by atoms with van der Waals surface area (Å²) in [5, 5.41) is 15.1. The van der Waals surface area contributed by atoms with Crippen LogP contribution in [0.25, 0.3) is 78.5 Å². The van der Waals surface area contributed by atoms with Crippen LogP contribution in [0.3, 0.4) is 0 Å². The van der Waals surface area contributed by atoms with Crippen molar-refractivity contribution in [3.8, 4) is 56.4 Å². The molecule has 12 rings (SSSR count). The van der Waals surface area contributed by atoms with Crippen molar-refractivity contribution in [3.63, 3.8) is 0 Å². The molecule has 1 aliphatic heterocycles. The Labute approximate surface area is 377 Å². The van der Waals surface area contributed by atoms with Crippen LogP contribution in [0, 0.1) is 13.8 Å². The highest BCUT2D eigenvalue weighted by Crippen LogP contribution is 2.37. The van der Waals surface area contributed by atoms with Crippen molar-refractivity contribution in [3.05, 3.63) is 180 Å². The highest BCUT2D eigenvalue weighted by molar-refractivity contribution is 5.98. The first kappa shape index (κ1) is 38.9. The Balaban J connectivity index is 0.938. The maximum absolute atomic E-state index is 13.5. The average molecular weight is 865 g/mol. The van der Waals surface area contributed by atoms with Crippen LogP contribution in [0.15, 0.2) is 140 Å². The SMILES string of the molecule is Cc1cc(-c2cc(-c3[nH]c(CN4Cc5ccccc5C4=O)nc3-c3cccc(C)n3)cn3ncnc23)cc(-c2nc(CNCc3cccc4ccccc34)[nH]c2-c2ccc3ncnn3c2)n1. The Hall–Kier alpha value is -8.69. The van der Waals surface area contributed by atoms with Gasteiger partial charge in [0.25, 0.3) is 5.91 Å². The third kappa shape index (κ3) is 7.03. The fourth-order valence-corrected chi connectivity index (χ4v) is 9.04. The third-order valence-corrected chi connectivity index (χ3v) is 12.1. The van der Waals surface area contributed by atoms with E-state index in [0.29, 0.717) is 60.4 Å². The Morgan fingerprint density at radius 2 is 1.38 bits per heavy atom. The van der Waals surface area contributed by atoms with Crippen LogP contribution < -0.4 is 5.32 Å². The van der Waals surface area contributed by atoms with E-state index in [1.54, 1.807) is 21.7 Å². The predicted molar refractivity (Wildman–Crippen MR) is 251 cm³/mol. The number of fused-ring (bicyclic) bond motifs is 4. The zero-order valence-electron chi connectivity index (χ0n) is 35.9. The maximum Gasteiger partial charge on any atom is 0.254 e. The number of hydrogen-bond donors (Lipinski definition) is 3. The Kier molecular flexibility index (Phi) is 9.34. The van der Waals surface area contributed by atoms with E-state index in [2.05, 4.69) is 91.1 Å². The third-order valence-electron chi connectivity index (χ3n) is 12.1. The summed E-state index contributed by atoms with van der Waals surface area (Å²) in [6.07, 6.45) is 6.99. The van der Waals surface area contributed by atoms with Gasteiger partial charge < -0.3 is 20.2 Å². The number of aromatic nitrogens is 12. The van der Waals surface area contributed by atoms with Gasteiger partial charge in [-0.25, -0.2) is 29.0 Å². The van der Waals surface area contributed by atoms with Gasteiger partial charge in [0.2, 0.25) is 0 Å². The van der Waals surface area contributed by atoms with Crippen molar-refractivity contribution >= 4 is 28.0 Å². The lowest BCUT2D eigenvalue weighted by Crippen LogP contribution is -2.23. The minimum atomic E-state index is -0.0164. The normalized spacial score (nSPS) is 12.6. The van der Waals surface area contributed by atoms with Gasteiger partial charge >= 0.3 is 0 Å². The summed E-state index contributed by atoms with van der Waals surface area (Å²) in [6.45, 7) is 5.92. The number of aryl methyl sites for hydroxylation is 2. The van der Waals surface area contributed by atoms with Gasteiger partial charge in [-0.3, -0.25) is 14.8 Å². The van der Waals surface area contributed by atoms with E-state index in [1.165, 1.54) is 16.3 Å². The summed E-state index contributed by atoms with van der Waals surface area (Å²) < 4.78 is 3.53. The zero-order valence-corrected chi connectivity index (χ0v) is 35.9. The van der Waals surface area contributed by atoms with Gasteiger partial charge in [-0.2, -0.15) is 10.2 Å². The maximum atomic E-state index is 13.5. The molecule has 320 valence electrons. The first-order valence-corrected chi connectivity index (χ1v) is 21.7. The second kappa shape index (κ2) is 15.8. The van der Waals surface area contributed by atoms with E-state index in [1.807, 2.05) is 85.7 Å². The van der Waals surface area contributed by atoms with E-state index < -0.39 is 0 Å². The minimum Gasteiger partial charge on any atom is -0.340 e. The fourth-order valence-electron chi connectivity index (χ4n) is 9.04. The van der Waals surface area contributed by atoms with Crippen molar-refractivity contribution in [1.29, 1.82) is 0 Å². The number of nitrogens with zero attached hydrogens (tertiary/aromatic N) is 11. The molecule has 1 amide bonds. The molecule has 3 N–H and O–H groups in total. The molecule has 1 aliphatic rings. The van der Waals surface area contributed by atoms with Crippen LogP contribution >= 0.6 is 0 Å². The van der Waals surface area contributed by atoms with Gasteiger partial charge in [-0.1, -0.05) is 66.7 Å². The Morgan fingerprint density at radius 1 is 0.621 bits per heavy atom. The van der Waals surface area contributed by atoms with Crippen LogP contribution in [-0.4, -0.2) is 69.9 Å². The molecule has 0 bridgehead atoms. The second-order valence-electron chi connectivity index (χ2n) is 16.6. The smallest absolute Gasteiger partial charge is 0.254 e. The molecular weight excluding hydrogens is 825 g/mol. The highest BCUT2D eigenvalue weighted by Gasteiger charge is 2.29. The molecule has 15 nitrogen and oxygen atoms in total. The standard InChI is InChI=1S/C51H40N14O/c1-30-9-7-16-41(57-30)48-47(61-44(62-48)27-63-24-34-11-4-6-15-39(34)51(63)66)37-20-40(50-54-29-56-65(50)26-37)36-19-31(2)58-42(21-36)49-46(35-17-18-45-53-28-55-64(45)25-35)59-43(60-49)23-52-22-33-13-8-12-32-10-3-5-14-38(32)33/h3-21,25-26,28-29,52H,22-24,27H2,1-2H3,(H,59,60)(H,61,62). The van der Waals surface area contributed by atoms with Crippen molar-refractivity contribution in [2.45, 2.75) is 40.0 Å². The van der Waals surface area contributed by atoms with Gasteiger partial charge in [-0.15, -0.1) is 0 Å². The molecule has 0 atom stereocenters. The molecule has 15 heteroatoms. The van der Waals surface area contributed by atoms with Crippen LogP contribution in [0.5, 0.6) is 0 Å². The van der Waals surface area contributed by atoms with Crippen molar-refractivity contribution in [1.82, 2.24) is 69.3 Å². The molecule has 11 aromatic rings. The molecule has 8 aromatic heterocycles. The number of rotatable bonds is 11. The van der Waals surface area contributed by atoms with Crippen LogP contribution in [-0.2, 0) is 26.2 Å². The van der Waals surface area contributed by atoms with E-state index in [4.69, 9.17) is 24.9 Å². The lowest BCUT2D eigenvalue weighted by molar-refractivity contribution is 0.0763. The summed E-state index contributed by atoms with van der Waals surface area (Å²) in [7, 11) is 0. The van der Waals surface area contributed by atoms with Gasteiger partial charge in [0, 0.05) is 59.1 Å². The van der Waals surface area contributed by atoms with Crippen molar-refractivity contribution < 1.29 is 4.79 Å². The summed E-state index contributed by atoms with van der Waals surface area (Å²) in [6, 6.07) is 38.6. The molecule has 3 aromatic carbocycles. The lowest BCUT2D eigenvalue weighted by atomic mass is 10.0. The Bertz CT molecular complexity index is 3670. The quantitative estimate of drug-likeness (QED) is 0.114. The number of benzene rings is 3. The van der Waals surface area contributed by atoms with E-state index in [-0.39, 0.29) is 5.91 Å². The molecule has 0 radical (unpaired) electrons. The number of amides is 1. The van der Waals surface area contributed by atoms with Crippen LogP contribution in [0.2, 0.25) is 0 Å². The number of hydrogen-bond acceptors (Lipinski definition) is 10. The highest BCUT2D eigenvalue weighted by atomic mass is 16.2. The molecular formula is C51H40N14O. The number of imidazole rings is 2. The van der Waals surface area contributed by atoms with Gasteiger partial charge in [0.15, 0.2) is 11.3 Å². The minimum absolute atomic E-state index is 0.0164. The average Bonchev–Trinajstić information content (AvgIpc) is 4.20.